The molecule has 0 amide bonds. The van der Waals surface area contributed by atoms with Crippen LogP contribution in [-0.4, -0.2) is 29.0 Å². The molecular formula is C13H12N2O2S2. The SMILES string of the molecule is COc1ccc(C#CCO)c(CSc2nncs2)c1. The van der Waals surface area contributed by atoms with E-state index in [2.05, 4.69) is 22.0 Å². The van der Waals surface area contributed by atoms with E-state index < -0.39 is 0 Å². The minimum Gasteiger partial charge on any atom is -0.497 e. The monoisotopic (exact) mass is 292 g/mol. The van der Waals surface area contributed by atoms with Crippen molar-refractivity contribution in [2.45, 2.75) is 10.1 Å². The predicted molar refractivity (Wildman–Crippen MR) is 76.4 cm³/mol. The number of benzene rings is 1. The first-order valence-electron chi connectivity index (χ1n) is 5.49. The van der Waals surface area contributed by atoms with Crippen molar-refractivity contribution in [2.24, 2.45) is 0 Å². The molecule has 0 saturated carbocycles. The summed E-state index contributed by atoms with van der Waals surface area (Å²) >= 11 is 3.12. The maximum atomic E-state index is 8.78. The van der Waals surface area contributed by atoms with Gasteiger partial charge in [0.1, 0.15) is 17.9 Å². The first-order chi connectivity index (χ1) is 9.33. The number of aliphatic hydroxyl groups is 1. The fraction of sp³-hybridized carbons (Fsp3) is 0.231. The summed E-state index contributed by atoms with van der Waals surface area (Å²) in [5.74, 6) is 7.14. The van der Waals surface area contributed by atoms with Crippen LogP contribution >= 0.6 is 23.1 Å². The molecule has 0 bridgehead atoms. The van der Waals surface area contributed by atoms with E-state index in [-0.39, 0.29) is 6.61 Å². The van der Waals surface area contributed by atoms with Crippen molar-refractivity contribution in [2.75, 3.05) is 13.7 Å². The van der Waals surface area contributed by atoms with Gasteiger partial charge in [0.25, 0.3) is 0 Å². The molecule has 1 N–H and O–H groups in total. The summed E-state index contributed by atoms with van der Waals surface area (Å²) < 4.78 is 6.14. The normalized spacial score (nSPS) is 9.79. The zero-order chi connectivity index (χ0) is 13.5. The maximum Gasteiger partial charge on any atom is 0.174 e. The summed E-state index contributed by atoms with van der Waals surface area (Å²) in [5.41, 5.74) is 3.66. The van der Waals surface area contributed by atoms with Crippen LogP contribution in [-0.2, 0) is 5.75 Å². The Morgan fingerprint density at radius 1 is 1.47 bits per heavy atom. The first-order valence-corrected chi connectivity index (χ1v) is 7.35. The lowest BCUT2D eigenvalue weighted by molar-refractivity contribution is 0.350. The maximum absolute atomic E-state index is 8.78. The predicted octanol–water partition coefficient (Wildman–Crippen LogP) is 2.18. The molecule has 0 radical (unpaired) electrons. The van der Waals surface area contributed by atoms with Gasteiger partial charge in [-0.25, -0.2) is 0 Å². The van der Waals surface area contributed by atoms with Crippen molar-refractivity contribution >= 4 is 23.1 Å². The van der Waals surface area contributed by atoms with E-state index in [1.54, 1.807) is 24.4 Å². The highest BCUT2D eigenvalue weighted by Gasteiger charge is 2.05. The Balaban J connectivity index is 2.19. The number of hydrogen-bond donors (Lipinski definition) is 1. The van der Waals surface area contributed by atoms with E-state index in [0.29, 0.717) is 0 Å². The number of thioether (sulfide) groups is 1. The van der Waals surface area contributed by atoms with Gasteiger partial charge in [-0.3, -0.25) is 0 Å². The van der Waals surface area contributed by atoms with E-state index in [1.165, 1.54) is 11.3 Å². The first kappa shape index (κ1) is 13.9. The van der Waals surface area contributed by atoms with Crippen LogP contribution in [0.25, 0.3) is 0 Å². The van der Waals surface area contributed by atoms with Crippen LogP contribution in [0, 0.1) is 11.8 Å². The van der Waals surface area contributed by atoms with Crippen LogP contribution in [0.4, 0.5) is 0 Å². The van der Waals surface area contributed by atoms with Gasteiger partial charge in [-0.2, -0.15) is 0 Å². The fourth-order valence-corrected chi connectivity index (χ4v) is 2.92. The highest BCUT2D eigenvalue weighted by Crippen LogP contribution is 2.27. The lowest BCUT2D eigenvalue weighted by atomic mass is 10.1. The molecule has 0 aliphatic rings. The Morgan fingerprint density at radius 3 is 3.05 bits per heavy atom. The number of methoxy groups -OCH3 is 1. The van der Waals surface area contributed by atoms with E-state index in [9.17, 15) is 0 Å². The van der Waals surface area contributed by atoms with Crippen molar-refractivity contribution in [3.8, 4) is 17.6 Å². The topological polar surface area (TPSA) is 55.2 Å². The molecule has 0 aliphatic heterocycles. The summed E-state index contributed by atoms with van der Waals surface area (Å²) in [4.78, 5) is 0. The second kappa shape index (κ2) is 7.14. The Bertz CT molecular complexity index is 588. The van der Waals surface area contributed by atoms with Gasteiger partial charge < -0.3 is 9.84 Å². The lowest BCUT2D eigenvalue weighted by Crippen LogP contribution is -1.91. The molecule has 1 aromatic carbocycles. The molecule has 1 aromatic heterocycles. The minimum absolute atomic E-state index is 0.144. The highest BCUT2D eigenvalue weighted by atomic mass is 32.2. The molecule has 0 fully saturated rings. The van der Waals surface area contributed by atoms with E-state index in [4.69, 9.17) is 9.84 Å². The molecule has 1 heterocycles. The summed E-state index contributed by atoms with van der Waals surface area (Å²) in [6, 6.07) is 5.72. The van der Waals surface area contributed by atoms with Crippen molar-refractivity contribution < 1.29 is 9.84 Å². The van der Waals surface area contributed by atoms with Crippen LogP contribution in [0.5, 0.6) is 5.75 Å². The van der Waals surface area contributed by atoms with Crippen molar-refractivity contribution in [1.29, 1.82) is 0 Å². The molecule has 0 aliphatic carbocycles. The number of ether oxygens (including phenoxy) is 1. The molecule has 2 rings (SSSR count). The van der Waals surface area contributed by atoms with Gasteiger partial charge in [0.15, 0.2) is 4.34 Å². The fourth-order valence-electron chi connectivity index (χ4n) is 1.44. The number of aliphatic hydroxyl groups excluding tert-OH is 1. The Morgan fingerprint density at radius 2 is 2.37 bits per heavy atom. The van der Waals surface area contributed by atoms with Crippen molar-refractivity contribution in [3.63, 3.8) is 0 Å². The summed E-state index contributed by atoms with van der Waals surface area (Å²) in [6.07, 6.45) is 0. The van der Waals surface area contributed by atoms with Crippen molar-refractivity contribution in [1.82, 2.24) is 10.2 Å². The average Bonchev–Trinajstić information content (AvgIpc) is 2.96. The van der Waals surface area contributed by atoms with Crippen LogP contribution in [0.1, 0.15) is 11.1 Å². The third-order valence-electron chi connectivity index (χ3n) is 2.31. The molecule has 98 valence electrons. The second-order valence-corrected chi connectivity index (χ2v) is 5.53. The second-order valence-electron chi connectivity index (χ2n) is 3.48. The van der Waals surface area contributed by atoms with Gasteiger partial charge in [0.05, 0.1) is 7.11 Å². The zero-order valence-corrected chi connectivity index (χ0v) is 11.9. The molecular weight excluding hydrogens is 280 g/mol. The third kappa shape index (κ3) is 3.96. The largest absolute Gasteiger partial charge is 0.497 e. The summed E-state index contributed by atoms with van der Waals surface area (Å²) in [6.45, 7) is -0.144. The molecule has 6 heteroatoms. The van der Waals surface area contributed by atoms with E-state index in [1.807, 2.05) is 18.2 Å². The molecule has 0 spiro atoms. The lowest BCUT2D eigenvalue weighted by Gasteiger charge is -2.06. The van der Waals surface area contributed by atoms with Gasteiger partial charge in [0, 0.05) is 11.3 Å². The number of nitrogens with zero attached hydrogens (tertiary/aromatic N) is 2. The highest BCUT2D eigenvalue weighted by molar-refractivity contribution is 8.00. The smallest absolute Gasteiger partial charge is 0.174 e. The Kier molecular flexibility index (Phi) is 5.21. The van der Waals surface area contributed by atoms with Gasteiger partial charge in [-0.15, -0.1) is 10.2 Å². The van der Waals surface area contributed by atoms with Crippen LogP contribution < -0.4 is 4.74 Å². The quantitative estimate of drug-likeness (QED) is 0.691. The van der Waals surface area contributed by atoms with Gasteiger partial charge in [0.2, 0.25) is 0 Å². The molecule has 2 aromatic rings. The standard InChI is InChI=1S/C13H12N2O2S2/c1-17-12-5-4-10(3-2-6-16)11(7-12)8-18-13-15-14-9-19-13/h4-5,7,9,16H,6,8H2,1H3. The van der Waals surface area contributed by atoms with Crippen LogP contribution in [0.15, 0.2) is 28.0 Å². The Hall–Kier alpha value is -1.55. The Labute approximate surface area is 119 Å². The van der Waals surface area contributed by atoms with Crippen LogP contribution in [0.2, 0.25) is 0 Å². The zero-order valence-electron chi connectivity index (χ0n) is 10.3. The number of rotatable bonds is 4. The number of aromatic nitrogens is 2. The minimum atomic E-state index is -0.144. The molecule has 0 atom stereocenters. The summed E-state index contributed by atoms with van der Waals surface area (Å²) in [5, 5.41) is 16.6. The van der Waals surface area contributed by atoms with Crippen molar-refractivity contribution in [3.05, 3.63) is 34.8 Å². The third-order valence-corrected chi connectivity index (χ3v) is 4.21. The molecule has 4 nitrogen and oxygen atoms in total. The molecule has 19 heavy (non-hydrogen) atoms. The summed E-state index contributed by atoms with van der Waals surface area (Å²) in [7, 11) is 1.63. The average molecular weight is 292 g/mol. The van der Waals surface area contributed by atoms with Gasteiger partial charge in [-0.1, -0.05) is 34.9 Å². The number of hydrogen-bond acceptors (Lipinski definition) is 6. The van der Waals surface area contributed by atoms with Crippen LogP contribution in [0.3, 0.4) is 0 Å². The van der Waals surface area contributed by atoms with Gasteiger partial charge in [-0.05, 0) is 23.8 Å². The molecule has 0 saturated heterocycles. The van der Waals surface area contributed by atoms with E-state index >= 15 is 0 Å². The van der Waals surface area contributed by atoms with E-state index in [0.717, 1.165) is 27.0 Å². The van der Waals surface area contributed by atoms with Gasteiger partial charge >= 0.3 is 0 Å². The molecule has 0 unspecified atom stereocenters.